The van der Waals surface area contributed by atoms with E-state index in [-0.39, 0.29) is 0 Å². The van der Waals surface area contributed by atoms with Gasteiger partial charge in [-0.25, -0.2) is 0 Å². The van der Waals surface area contributed by atoms with Crippen LogP contribution in [0.15, 0.2) is 21.0 Å². The van der Waals surface area contributed by atoms with Crippen LogP contribution in [0.3, 0.4) is 0 Å². The van der Waals surface area contributed by atoms with E-state index in [0.717, 1.165) is 24.1 Å². The number of halogens is 1. The van der Waals surface area contributed by atoms with Crippen molar-refractivity contribution in [2.45, 2.75) is 51.1 Å². The quantitative estimate of drug-likeness (QED) is 0.888. The highest BCUT2D eigenvalue weighted by molar-refractivity contribution is 9.10. The van der Waals surface area contributed by atoms with Crippen molar-refractivity contribution in [1.82, 2.24) is 5.32 Å². The first-order valence-electron chi connectivity index (χ1n) is 7.18. The Kier molecular flexibility index (Phi) is 2.75. The summed E-state index contributed by atoms with van der Waals surface area (Å²) in [5.41, 5.74) is 3.76. The normalized spacial score (nSPS) is 19.3. The van der Waals surface area contributed by atoms with Crippen molar-refractivity contribution in [1.29, 1.82) is 0 Å². The third kappa shape index (κ3) is 2.13. The van der Waals surface area contributed by atoms with Crippen LogP contribution in [0.1, 0.15) is 48.5 Å². The van der Waals surface area contributed by atoms with E-state index in [2.05, 4.69) is 40.3 Å². The molecule has 0 atom stereocenters. The summed E-state index contributed by atoms with van der Waals surface area (Å²) in [7, 11) is 0. The molecule has 0 amide bonds. The number of aryl methyl sites for hydroxylation is 1. The summed E-state index contributed by atoms with van der Waals surface area (Å²) in [6.45, 7) is 3.02. The van der Waals surface area contributed by atoms with Crippen LogP contribution in [-0.2, 0) is 6.54 Å². The Balaban J connectivity index is 1.83. The molecule has 3 heteroatoms. The lowest BCUT2D eigenvalue weighted by atomic mass is 10.0. The molecule has 0 saturated heterocycles. The highest BCUT2D eigenvalue weighted by Crippen LogP contribution is 2.48. The Labute approximate surface area is 121 Å². The lowest BCUT2D eigenvalue weighted by molar-refractivity contribution is 0.505. The van der Waals surface area contributed by atoms with Crippen LogP contribution in [0.4, 0.5) is 0 Å². The van der Waals surface area contributed by atoms with Crippen LogP contribution in [0.25, 0.3) is 11.0 Å². The Morgan fingerprint density at radius 2 is 2.05 bits per heavy atom. The van der Waals surface area contributed by atoms with Crippen molar-refractivity contribution in [3.8, 4) is 0 Å². The van der Waals surface area contributed by atoms with Gasteiger partial charge in [0.15, 0.2) is 0 Å². The SMILES string of the molecule is Cc1ccc(Br)c2c(C3CC3)c(CNC3CC3)oc12. The second-order valence-electron chi connectivity index (χ2n) is 5.94. The van der Waals surface area contributed by atoms with Gasteiger partial charge in [0.25, 0.3) is 0 Å². The standard InChI is InChI=1S/C16H18BrNO/c1-9-2-7-12(17)15-14(10-3-4-10)13(19-16(9)15)8-18-11-5-6-11/h2,7,10-11,18H,3-6,8H2,1H3. The Hall–Kier alpha value is -0.800. The summed E-state index contributed by atoms with van der Waals surface area (Å²) in [6, 6.07) is 5.01. The zero-order valence-corrected chi connectivity index (χ0v) is 12.7. The Morgan fingerprint density at radius 3 is 2.74 bits per heavy atom. The number of furan rings is 1. The smallest absolute Gasteiger partial charge is 0.138 e. The maximum Gasteiger partial charge on any atom is 0.138 e. The van der Waals surface area contributed by atoms with Crippen LogP contribution >= 0.6 is 15.9 Å². The fourth-order valence-corrected chi connectivity index (χ4v) is 3.35. The monoisotopic (exact) mass is 319 g/mol. The van der Waals surface area contributed by atoms with Crippen molar-refractivity contribution in [2.24, 2.45) is 0 Å². The zero-order valence-electron chi connectivity index (χ0n) is 11.1. The van der Waals surface area contributed by atoms with Crippen LogP contribution < -0.4 is 5.32 Å². The molecule has 1 heterocycles. The van der Waals surface area contributed by atoms with E-state index in [4.69, 9.17) is 4.42 Å². The number of rotatable bonds is 4. The maximum atomic E-state index is 6.20. The van der Waals surface area contributed by atoms with Gasteiger partial charge in [-0.3, -0.25) is 0 Å². The summed E-state index contributed by atoms with van der Waals surface area (Å²) >= 11 is 3.70. The molecule has 2 aromatic rings. The molecule has 1 aromatic heterocycles. The van der Waals surface area contributed by atoms with E-state index in [0.29, 0.717) is 0 Å². The molecule has 2 fully saturated rings. The lowest BCUT2D eigenvalue weighted by Gasteiger charge is -2.03. The minimum Gasteiger partial charge on any atom is -0.459 e. The van der Waals surface area contributed by atoms with Gasteiger partial charge in [-0.1, -0.05) is 22.0 Å². The van der Waals surface area contributed by atoms with Gasteiger partial charge in [-0.2, -0.15) is 0 Å². The Morgan fingerprint density at radius 1 is 1.26 bits per heavy atom. The molecule has 0 spiro atoms. The van der Waals surface area contributed by atoms with E-state index < -0.39 is 0 Å². The van der Waals surface area contributed by atoms with E-state index in [1.165, 1.54) is 52.4 Å². The molecule has 2 saturated carbocycles. The summed E-state index contributed by atoms with van der Waals surface area (Å²) < 4.78 is 7.38. The maximum absolute atomic E-state index is 6.20. The van der Waals surface area contributed by atoms with E-state index in [9.17, 15) is 0 Å². The van der Waals surface area contributed by atoms with Crippen LogP contribution in [0.5, 0.6) is 0 Å². The topological polar surface area (TPSA) is 25.2 Å². The van der Waals surface area contributed by atoms with Gasteiger partial charge >= 0.3 is 0 Å². The molecule has 2 nitrogen and oxygen atoms in total. The fourth-order valence-electron chi connectivity index (χ4n) is 2.82. The average Bonchev–Trinajstić information content (AvgIpc) is 3.30. The highest BCUT2D eigenvalue weighted by Gasteiger charge is 2.32. The summed E-state index contributed by atoms with van der Waals surface area (Å²) in [5, 5.41) is 4.90. The van der Waals surface area contributed by atoms with Gasteiger partial charge in [0, 0.05) is 21.5 Å². The first kappa shape index (κ1) is 12.0. The van der Waals surface area contributed by atoms with Gasteiger partial charge < -0.3 is 9.73 Å². The molecule has 100 valence electrons. The summed E-state index contributed by atoms with van der Waals surface area (Å²) in [5.74, 6) is 1.88. The second kappa shape index (κ2) is 4.35. The highest BCUT2D eigenvalue weighted by atomic mass is 79.9. The first-order chi connectivity index (χ1) is 9.24. The molecule has 0 unspecified atom stereocenters. The first-order valence-corrected chi connectivity index (χ1v) is 7.97. The molecule has 19 heavy (non-hydrogen) atoms. The summed E-state index contributed by atoms with van der Waals surface area (Å²) in [4.78, 5) is 0. The van der Waals surface area contributed by atoms with Crippen molar-refractivity contribution in [3.63, 3.8) is 0 Å². The minimum absolute atomic E-state index is 0.718. The van der Waals surface area contributed by atoms with E-state index in [1.807, 2.05) is 0 Å². The molecule has 0 aliphatic heterocycles. The molecular formula is C16H18BrNO. The molecule has 0 bridgehead atoms. The predicted octanol–water partition coefficient (Wildman–Crippen LogP) is 4.63. The fraction of sp³-hybridized carbons (Fsp3) is 0.500. The number of hydrogen-bond acceptors (Lipinski definition) is 2. The molecule has 2 aliphatic rings. The van der Waals surface area contributed by atoms with Crippen molar-refractivity contribution < 1.29 is 4.42 Å². The van der Waals surface area contributed by atoms with Gasteiger partial charge in [0.05, 0.1) is 6.54 Å². The molecule has 2 aliphatic carbocycles. The predicted molar refractivity (Wildman–Crippen MR) is 80.5 cm³/mol. The minimum atomic E-state index is 0.718. The number of benzene rings is 1. The molecule has 1 N–H and O–H groups in total. The number of nitrogens with one attached hydrogen (secondary N) is 1. The van der Waals surface area contributed by atoms with Crippen molar-refractivity contribution in [3.05, 3.63) is 33.5 Å². The van der Waals surface area contributed by atoms with Crippen LogP contribution in [-0.4, -0.2) is 6.04 Å². The van der Waals surface area contributed by atoms with Gasteiger partial charge in [0.1, 0.15) is 11.3 Å². The summed E-state index contributed by atoms with van der Waals surface area (Å²) in [6.07, 6.45) is 5.26. The van der Waals surface area contributed by atoms with E-state index in [1.54, 1.807) is 0 Å². The third-order valence-electron chi connectivity index (χ3n) is 4.21. The lowest BCUT2D eigenvalue weighted by Crippen LogP contribution is -2.15. The average molecular weight is 320 g/mol. The molecule has 1 aromatic carbocycles. The number of hydrogen-bond donors (Lipinski definition) is 1. The largest absolute Gasteiger partial charge is 0.459 e. The van der Waals surface area contributed by atoms with Crippen molar-refractivity contribution >= 4 is 26.9 Å². The zero-order chi connectivity index (χ0) is 13.0. The van der Waals surface area contributed by atoms with Gasteiger partial charge in [-0.15, -0.1) is 0 Å². The van der Waals surface area contributed by atoms with Crippen molar-refractivity contribution in [2.75, 3.05) is 0 Å². The van der Waals surface area contributed by atoms with Crippen LogP contribution in [0.2, 0.25) is 0 Å². The molecule has 4 rings (SSSR count). The Bertz CT molecular complexity index is 638. The second-order valence-corrected chi connectivity index (χ2v) is 6.79. The van der Waals surface area contributed by atoms with Gasteiger partial charge in [0.2, 0.25) is 0 Å². The van der Waals surface area contributed by atoms with Crippen LogP contribution in [0, 0.1) is 6.92 Å². The molecular weight excluding hydrogens is 302 g/mol. The third-order valence-corrected chi connectivity index (χ3v) is 4.87. The van der Waals surface area contributed by atoms with E-state index >= 15 is 0 Å². The van der Waals surface area contributed by atoms with Gasteiger partial charge in [-0.05, 0) is 50.2 Å². The number of fused-ring (bicyclic) bond motifs is 1. The molecule has 0 radical (unpaired) electrons.